The number of rotatable bonds is 8. The van der Waals surface area contributed by atoms with Crippen molar-refractivity contribution in [2.75, 3.05) is 0 Å². The minimum atomic E-state index is -0.889. The number of ether oxygens (including phenoxy) is 3. The Hall–Kier alpha value is -1.69. The van der Waals surface area contributed by atoms with E-state index in [9.17, 15) is 9.90 Å². The number of esters is 1. The Labute approximate surface area is 162 Å². The molecular formula is C22H32O5. The normalized spacial score (nSPS) is 25.3. The molecule has 2 rings (SSSR count). The molecule has 5 atom stereocenters. The van der Waals surface area contributed by atoms with E-state index in [4.69, 9.17) is 14.2 Å². The molecule has 1 unspecified atom stereocenters. The molecule has 150 valence electrons. The highest BCUT2D eigenvalue weighted by Crippen LogP contribution is 2.34. The van der Waals surface area contributed by atoms with Crippen molar-refractivity contribution in [3.63, 3.8) is 0 Å². The van der Waals surface area contributed by atoms with Crippen molar-refractivity contribution >= 4 is 5.97 Å². The zero-order valence-corrected chi connectivity index (χ0v) is 16.9. The molecule has 5 heteroatoms. The summed E-state index contributed by atoms with van der Waals surface area (Å²) in [6.45, 7) is 9.69. The molecule has 1 aliphatic heterocycles. The molecule has 0 aromatic heterocycles. The molecule has 1 aromatic carbocycles. The Balaban J connectivity index is 1.92. The van der Waals surface area contributed by atoms with Gasteiger partial charge in [-0.2, -0.15) is 0 Å². The van der Waals surface area contributed by atoms with Gasteiger partial charge in [-0.1, -0.05) is 50.6 Å². The van der Waals surface area contributed by atoms with Crippen LogP contribution in [0.1, 0.15) is 57.8 Å². The molecule has 0 bridgehead atoms. The fourth-order valence-electron chi connectivity index (χ4n) is 3.25. The van der Waals surface area contributed by atoms with Gasteiger partial charge < -0.3 is 19.3 Å². The summed E-state index contributed by atoms with van der Waals surface area (Å²) in [5, 5.41) is 10.3. The maximum Gasteiger partial charge on any atom is 0.338 e. The molecule has 1 fully saturated rings. The Kier molecular flexibility index (Phi) is 7.59. The van der Waals surface area contributed by atoms with E-state index in [1.807, 2.05) is 32.9 Å². The third-order valence-corrected chi connectivity index (χ3v) is 4.71. The lowest BCUT2D eigenvalue weighted by Crippen LogP contribution is -2.30. The van der Waals surface area contributed by atoms with Gasteiger partial charge in [-0.15, -0.1) is 0 Å². The largest absolute Gasteiger partial charge is 0.456 e. The third kappa shape index (κ3) is 6.16. The Bertz CT molecular complexity index is 625. The van der Waals surface area contributed by atoms with Crippen LogP contribution in [0.15, 0.2) is 42.5 Å². The standard InChI is InChI=1S/C22H32O5/c1-6-10-19-20(27-22(4,5)26-19)15(2)13-14-18(23)16(3)25-21(24)17-11-8-7-9-12-17/h7-9,11-16,18-20,23H,6,10H2,1-5H3/b14-13-/t15?,16-,18+,19-,20+/m0/s1. The molecule has 0 saturated carbocycles. The zero-order chi connectivity index (χ0) is 20.0. The van der Waals surface area contributed by atoms with Crippen LogP contribution in [0, 0.1) is 5.92 Å². The number of hydrogen-bond donors (Lipinski definition) is 1. The minimum absolute atomic E-state index is 0.0372. The second-order valence-electron chi connectivity index (χ2n) is 7.64. The van der Waals surface area contributed by atoms with Crippen LogP contribution in [0.3, 0.4) is 0 Å². The van der Waals surface area contributed by atoms with Crippen molar-refractivity contribution in [3.05, 3.63) is 48.0 Å². The fourth-order valence-corrected chi connectivity index (χ4v) is 3.25. The summed E-state index contributed by atoms with van der Waals surface area (Å²) >= 11 is 0. The van der Waals surface area contributed by atoms with E-state index in [0.717, 1.165) is 12.8 Å². The van der Waals surface area contributed by atoms with Crippen LogP contribution in [0.4, 0.5) is 0 Å². The molecule has 0 spiro atoms. The summed E-state index contributed by atoms with van der Waals surface area (Å²) in [7, 11) is 0. The summed E-state index contributed by atoms with van der Waals surface area (Å²) in [6.07, 6.45) is 3.97. The highest BCUT2D eigenvalue weighted by atomic mass is 16.8. The van der Waals surface area contributed by atoms with Gasteiger partial charge >= 0.3 is 5.97 Å². The van der Waals surface area contributed by atoms with Crippen LogP contribution in [0.5, 0.6) is 0 Å². The molecule has 5 nitrogen and oxygen atoms in total. The number of aliphatic hydroxyl groups is 1. The minimum Gasteiger partial charge on any atom is -0.456 e. The predicted octanol–water partition coefficient (Wildman–Crippen LogP) is 4.11. The first-order chi connectivity index (χ1) is 12.7. The smallest absolute Gasteiger partial charge is 0.338 e. The van der Waals surface area contributed by atoms with Gasteiger partial charge in [0.25, 0.3) is 0 Å². The van der Waals surface area contributed by atoms with Crippen LogP contribution in [-0.4, -0.2) is 41.3 Å². The quantitative estimate of drug-likeness (QED) is 0.546. The Morgan fingerprint density at radius 1 is 1.22 bits per heavy atom. The second kappa shape index (κ2) is 9.49. The van der Waals surface area contributed by atoms with E-state index >= 15 is 0 Å². The first-order valence-electron chi connectivity index (χ1n) is 9.71. The van der Waals surface area contributed by atoms with Gasteiger partial charge in [0.05, 0.1) is 17.8 Å². The second-order valence-corrected chi connectivity index (χ2v) is 7.64. The van der Waals surface area contributed by atoms with Crippen LogP contribution in [-0.2, 0) is 14.2 Å². The predicted molar refractivity (Wildman–Crippen MR) is 104 cm³/mol. The molecule has 0 amide bonds. The maximum atomic E-state index is 12.1. The van der Waals surface area contributed by atoms with E-state index in [-0.39, 0.29) is 18.1 Å². The van der Waals surface area contributed by atoms with Gasteiger partial charge in [-0.05, 0) is 39.3 Å². The van der Waals surface area contributed by atoms with Crippen LogP contribution >= 0.6 is 0 Å². The lowest BCUT2D eigenvalue weighted by Gasteiger charge is -2.22. The molecule has 1 aliphatic rings. The van der Waals surface area contributed by atoms with Gasteiger partial charge in [-0.25, -0.2) is 4.79 Å². The molecule has 1 aromatic rings. The van der Waals surface area contributed by atoms with Crippen molar-refractivity contribution in [1.82, 2.24) is 0 Å². The third-order valence-electron chi connectivity index (χ3n) is 4.71. The fraction of sp³-hybridized carbons (Fsp3) is 0.591. The maximum absolute atomic E-state index is 12.1. The van der Waals surface area contributed by atoms with Gasteiger partial charge in [0.1, 0.15) is 12.2 Å². The van der Waals surface area contributed by atoms with Gasteiger partial charge in [0, 0.05) is 5.92 Å². The van der Waals surface area contributed by atoms with Crippen molar-refractivity contribution in [2.24, 2.45) is 5.92 Å². The van der Waals surface area contributed by atoms with Crippen LogP contribution in [0.2, 0.25) is 0 Å². The first kappa shape index (κ1) is 21.6. The molecule has 0 radical (unpaired) electrons. The van der Waals surface area contributed by atoms with E-state index in [2.05, 4.69) is 6.92 Å². The highest BCUT2D eigenvalue weighted by molar-refractivity contribution is 5.89. The molecule has 27 heavy (non-hydrogen) atoms. The summed E-state index contributed by atoms with van der Waals surface area (Å²) in [6, 6.07) is 8.76. The van der Waals surface area contributed by atoms with Gasteiger partial charge in [-0.3, -0.25) is 0 Å². The topological polar surface area (TPSA) is 65.0 Å². The van der Waals surface area contributed by atoms with E-state index in [1.165, 1.54) is 0 Å². The number of benzene rings is 1. The Morgan fingerprint density at radius 2 is 1.89 bits per heavy atom. The van der Waals surface area contributed by atoms with E-state index in [0.29, 0.717) is 5.56 Å². The van der Waals surface area contributed by atoms with Crippen molar-refractivity contribution in [3.8, 4) is 0 Å². The first-order valence-corrected chi connectivity index (χ1v) is 9.71. The SMILES string of the molecule is CCC[C@@H]1OC(C)(C)O[C@@H]1C(C)/C=C\[C@@H](O)[C@H](C)OC(=O)c1ccccc1. The lowest BCUT2D eigenvalue weighted by atomic mass is 9.96. The number of carbonyl (C=O) groups is 1. The van der Waals surface area contributed by atoms with Crippen molar-refractivity contribution in [2.45, 2.75) is 77.7 Å². The summed E-state index contributed by atoms with van der Waals surface area (Å²) in [5.41, 5.74) is 0.468. The number of hydrogen-bond acceptors (Lipinski definition) is 5. The van der Waals surface area contributed by atoms with Crippen molar-refractivity contribution < 1.29 is 24.1 Å². The average Bonchev–Trinajstić information content (AvgIpc) is 2.94. The van der Waals surface area contributed by atoms with Gasteiger partial charge in [0.2, 0.25) is 0 Å². The molecule has 1 heterocycles. The highest BCUT2D eigenvalue weighted by Gasteiger charge is 2.42. The number of aliphatic hydroxyl groups excluding tert-OH is 1. The number of carbonyl (C=O) groups excluding carboxylic acids is 1. The Morgan fingerprint density at radius 3 is 2.52 bits per heavy atom. The molecular weight excluding hydrogens is 344 g/mol. The molecule has 1 N–H and O–H groups in total. The summed E-state index contributed by atoms with van der Waals surface area (Å²) < 4.78 is 17.4. The van der Waals surface area contributed by atoms with Crippen LogP contribution in [0.25, 0.3) is 0 Å². The van der Waals surface area contributed by atoms with E-state index < -0.39 is 24.0 Å². The van der Waals surface area contributed by atoms with Crippen molar-refractivity contribution in [1.29, 1.82) is 0 Å². The molecule has 0 aliphatic carbocycles. The summed E-state index contributed by atoms with van der Waals surface area (Å²) in [5.74, 6) is -0.972. The lowest BCUT2D eigenvalue weighted by molar-refractivity contribution is -0.149. The zero-order valence-electron chi connectivity index (χ0n) is 16.9. The van der Waals surface area contributed by atoms with Gasteiger partial charge in [0.15, 0.2) is 5.79 Å². The van der Waals surface area contributed by atoms with Crippen LogP contribution < -0.4 is 0 Å². The average molecular weight is 376 g/mol. The monoisotopic (exact) mass is 376 g/mol. The summed E-state index contributed by atoms with van der Waals surface area (Å²) in [4.78, 5) is 12.1. The molecule has 1 saturated heterocycles. The van der Waals surface area contributed by atoms with E-state index in [1.54, 1.807) is 37.3 Å².